The number of ether oxygens (including phenoxy) is 1. The van der Waals surface area contributed by atoms with Crippen LogP contribution in [-0.2, 0) is 11.3 Å². The van der Waals surface area contributed by atoms with Gasteiger partial charge in [-0.2, -0.15) is 0 Å². The summed E-state index contributed by atoms with van der Waals surface area (Å²) in [6, 6.07) is 6.97. The van der Waals surface area contributed by atoms with Gasteiger partial charge in [-0.3, -0.25) is 4.99 Å². The molecule has 0 bridgehead atoms. The fourth-order valence-corrected chi connectivity index (χ4v) is 3.79. The smallest absolute Gasteiger partial charge is 0.191 e. The number of fused-ring (bicyclic) bond motifs is 1. The highest BCUT2D eigenvalue weighted by Crippen LogP contribution is 2.52. The van der Waals surface area contributed by atoms with Gasteiger partial charge in [-0.25, -0.2) is 4.39 Å². The Morgan fingerprint density at radius 2 is 2.27 bits per heavy atom. The molecule has 3 atom stereocenters. The van der Waals surface area contributed by atoms with E-state index in [1.54, 1.807) is 13.1 Å². The van der Waals surface area contributed by atoms with Crippen LogP contribution in [0.15, 0.2) is 29.3 Å². The van der Waals surface area contributed by atoms with Crippen LogP contribution in [-0.4, -0.2) is 31.8 Å². The molecule has 0 aromatic heterocycles. The van der Waals surface area contributed by atoms with Crippen molar-refractivity contribution in [2.75, 3.05) is 13.7 Å². The quantitative estimate of drug-likeness (QED) is 0.665. The molecule has 4 nitrogen and oxygen atoms in total. The predicted octanol–water partition coefficient (Wildman–Crippen LogP) is 2.30. The molecule has 1 aliphatic carbocycles. The van der Waals surface area contributed by atoms with Crippen molar-refractivity contribution in [1.82, 2.24) is 10.6 Å². The molecule has 1 heterocycles. The minimum atomic E-state index is -0.215. The van der Waals surface area contributed by atoms with Gasteiger partial charge in [0.25, 0.3) is 0 Å². The molecule has 0 amide bonds. The Labute approximate surface area is 131 Å². The van der Waals surface area contributed by atoms with E-state index in [2.05, 4.69) is 29.5 Å². The number of hydrogen-bond donors (Lipinski definition) is 2. The highest BCUT2D eigenvalue weighted by atomic mass is 19.1. The Kier molecular flexibility index (Phi) is 4.08. The second-order valence-corrected chi connectivity index (χ2v) is 6.74. The zero-order valence-corrected chi connectivity index (χ0v) is 13.4. The molecule has 1 saturated carbocycles. The standard InChI is InChI=1S/C17H24FN3O/c1-17(2)14(13-7-8-22-15(13)17)21-16(19-3)20-10-11-5-4-6-12(18)9-11/h4-6,9,13-15H,7-8,10H2,1-3H3,(H2,19,20,21). The summed E-state index contributed by atoms with van der Waals surface area (Å²) in [4.78, 5) is 4.29. The van der Waals surface area contributed by atoms with Gasteiger partial charge in [0.15, 0.2) is 5.96 Å². The number of nitrogens with zero attached hydrogens (tertiary/aromatic N) is 1. The van der Waals surface area contributed by atoms with Gasteiger partial charge in [0.1, 0.15) is 5.82 Å². The molecule has 1 aromatic rings. The number of hydrogen-bond acceptors (Lipinski definition) is 2. The van der Waals surface area contributed by atoms with Crippen LogP contribution in [0.1, 0.15) is 25.8 Å². The Hall–Kier alpha value is -1.62. The Bertz CT molecular complexity index is 573. The van der Waals surface area contributed by atoms with E-state index in [0.29, 0.717) is 24.6 Å². The SMILES string of the molecule is CN=C(NCc1cccc(F)c1)NC1C2CCOC2C1(C)C. The highest BCUT2D eigenvalue weighted by molar-refractivity contribution is 5.80. The third-order valence-corrected chi connectivity index (χ3v) is 4.97. The molecule has 1 saturated heterocycles. The van der Waals surface area contributed by atoms with E-state index in [1.807, 2.05) is 6.07 Å². The highest BCUT2D eigenvalue weighted by Gasteiger charge is 2.59. The lowest BCUT2D eigenvalue weighted by molar-refractivity contribution is -0.106. The average Bonchev–Trinajstić information content (AvgIpc) is 2.94. The first-order valence-electron chi connectivity index (χ1n) is 7.85. The Morgan fingerprint density at radius 3 is 3.00 bits per heavy atom. The van der Waals surface area contributed by atoms with E-state index < -0.39 is 0 Å². The van der Waals surface area contributed by atoms with Crippen LogP contribution >= 0.6 is 0 Å². The summed E-state index contributed by atoms with van der Waals surface area (Å²) in [5.41, 5.74) is 1.01. The van der Waals surface area contributed by atoms with Crippen molar-refractivity contribution in [3.05, 3.63) is 35.6 Å². The van der Waals surface area contributed by atoms with Crippen LogP contribution in [0.3, 0.4) is 0 Å². The molecular weight excluding hydrogens is 281 g/mol. The van der Waals surface area contributed by atoms with Crippen molar-refractivity contribution in [2.24, 2.45) is 16.3 Å². The van der Waals surface area contributed by atoms with Gasteiger partial charge < -0.3 is 15.4 Å². The summed E-state index contributed by atoms with van der Waals surface area (Å²) < 4.78 is 19.0. The average molecular weight is 305 g/mol. The van der Waals surface area contributed by atoms with Crippen LogP contribution in [0.4, 0.5) is 4.39 Å². The van der Waals surface area contributed by atoms with Gasteiger partial charge in [-0.05, 0) is 24.1 Å². The number of benzene rings is 1. The summed E-state index contributed by atoms with van der Waals surface area (Å²) >= 11 is 0. The van der Waals surface area contributed by atoms with Crippen molar-refractivity contribution >= 4 is 5.96 Å². The summed E-state index contributed by atoms with van der Waals surface area (Å²) in [7, 11) is 1.76. The molecule has 3 unspecified atom stereocenters. The molecule has 0 spiro atoms. The number of nitrogens with one attached hydrogen (secondary N) is 2. The summed E-state index contributed by atoms with van der Waals surface area (Å²) in [5.74, 6) is 1.10. The number of rotatable bonds is 3. The Morgan fingerprint density at radius 1 is 1.45 bits per heavy atom. The normalized spacial score (nSPS) is 29.6. The van der Waals surface area contributed by atoms with Crippen LogP contribution in [0, 0.1) is 17.2 Å². The first-order chi connectivity index (χ1) is 10.5. The van der Waals surface area contributed by atoms with Gasteiger partial charge in [0.2, 0.25) is 0 Å². The molecule has 5 heteroatoms. The monoisotopic (exact) mass is 305 g/mol. The van der Waals surface area contributed by atoms with Crippen LogP contribution in [0.5, 0.6) is 0 Å². The van der Waals surface area contributed by atoms with Crippen molar-refractivity contribution in [2.45, 2.75) is 39.0 Å². The van der Waals surface area contributed by atoms with Crippen LogP contribution < -0.4 is 10.6 Å². The zero-order chi connectivity index (χ0) is 15.7. The molecule has 1 aromatic carbocycles. The second kappa shape index (κ2) is 5.88. The number of aliphatic imine (C=N–C) groups is 1. The first-order valence-corrected chi connectivity index (χ1v) is 7.85. The Balaban J connectivity index is 1.59. The molecule has 2 aliphatic rings. The topological polar surface area (TPSA) is 45.7 Å². The van der Waals surface area contributed by atoms with E-state index in [9.17, 15) is 4.39 Å². The molecule has 2 N–H and O–H groups in total. The lowest BCUT2D eigenvalue weighted by atomic mass is 9.57. The molecule has 22 heavy (non-hydrogen) atoms. The summed E-state index contributed by atoms with van der Waals surface area (Å²) in [6.45, 7) is 5.87. The number of guanidine groups is 1. The van der Waals surface area contributed by atoms with Crippen LogP contribution in [0.25, 0.3) is 0 Å². The van der Waals surface area contributed by atoms with Crippen molar-refractivity contribution in [1.29, 1.82) is 0 Å². The van der Waals surface area contributed by atoms with Crippen molar-refractivity contribution in [3.63, 3.8) is 0 Å². The minimum absolute atomic E-state index is 0.109. The largest absolute Gasteiger partial charge is 0.377 e. The molecule has 3 rings (SSSR count). The maximum atomic E-state index is 13.2. The van der Waals surface area contributed by atoms with E-state index in [1.165, 1.54) is 12.1 Å². The predicted molar refractivity (Wildman–Crippen MR) is 85.2 cm³/mol. The van der Waals surface area contributed by atoms with E-state index >= 15 is 0 Å². The van der Waals surface area contributed by atoms with E-state index in [-0.39, 0.29) is 11.2 Å². The van der Waals surface area contributed by atoms with Gasteiger partial charge in [0.05, 0.1) is 6.10 Å². The van der Waals surface area contributed by atoms with Gasteiger partial charge >= 0.3 is 0 Å². The lowest BCUT2D eigenvalue weighted by Gasteiger charge is -2.54. The molecule has 1 aliphatic heterocycles. The third-order valence-electron chi connectivity index (χ3n) is 4.97. The number of halogens is 1. The van der Waals surface area contributed by atoms with E-state index in [4.69, 9.17) is 4.74 Å². The zero-order valence-electron chi connectivity index (χ0n) is 13.4. The van der Waals surface area contributed by atoms with Gasteiger partial charge in [0, 0.05) is 37.6 Å². The van der Waals surface area contributed by atoms with Crippen molar-refractivity contribution < 1.29 is 9.13 Å². The summed E-state index contributed by atoms with van der Waals surface area (Å²) in [6.07, 6.45) is 1.46. The van der Waals surface area contributed by atoms with E-state index in [0.717, 1.165) is 24.6 Å². The molecular formula is C17H24FN3O. The summed E-state index contributed by atoms with van der Waals surface area (Å²) in [5, 5.41) is 6.78. The maximum absolute atomic E-state index is 13.2. The third kappa shape index (κ3) is 2.70. The maximum Gasteiger partial charge on any atom is 0.191 e. The van der Waals surface area contributed by atoms with Gasteiger partial charge in [-0.15, -0.1) is 0 Å². The first kappa shape index (κ1) is 15.3. The van der Waals surface area contributed by atoms with Crippen molar-refractivity contribution in [3.8, 4) is 0 Å². The molecule has 120 valence electrons. The molecule has 2 fully saturated rings. The van der Waals surface area contributed by atoms with Gasteiger partial charge in [-0.1, -0.05) is 26.0 Å². The molecule has 0 radical (unpaired) electrons. The minimum Gasteiger partial charge on any atom is -0.377 e. The lowest BCUT2D eigenvalue weighted by Crippen LogP contribution is -2.67. The fourth-order valence-electron chi connectivity index (χ4n) is 3.79. The second-order valence-electron chi connectivity index (χ2n) is 6.74. The fraction of sp³-hybridized carbons (Fsp3) is 0.588. The van der Waals surface area contributed by atoms with Crippen LogP contribution in [0.2, 0.25) is 0 Å².